The van der Waals surface area contributed by atoms with Crippen LogP contribution in [0.25, 0.3) is 0 Å². The minimum Gasteiger partial charge on any atom is -0.496 e. The lowest BCUT2D eigenvalue weighted by atomic mass is 9.89. The Hall–Kier alpha value is -2.29. The van der Waals surface area contributed by atoms with Crippen LogP contribution < -0.4 is 10.1 Å². The topological polar surface area (TPSA) is 38.3 Å². The maximum atomic E-state index is 12.5. The number of hydrogen-bond acceptors (Lipinski definition) is 2. The first-order valence-electron chi connectivity index (χ1n) is 8.24. The van der Waals surface area contributed by atoms with Crippen LogP contribution in [0.2, 0.25) is 0 Å². The first-order chi connectivity index (χ1) is 11.2. The molecule has 3 nitrogen and oxygen atoms in total. The Kier molecular flexibility index (Phi) is 4.65. The summed E-state index contributed by atoms with van der Waals surface area (Å²) in [6.07, 6.45) is 4.87. The first kappa shape index (κ1) is 15.6. The number of benzene rings is 2. The standard InChI is InChI=1S/C20H23NO2/c1-14(16-12-11-15-7-3-4-8-17(15)13-16)21-20(22)18-9-5-6-10-19(18)23-2/h5-6,9-14H,3-4,7-8H2,1-2H3,(H,21,22)/t14-/m0/s1. The van der Waals surface area contributed by atoms with Crippen LogP contribution in [0, 0.1) is 0 Å². The summed E-state index contributed by atoms with van der Waals surface area (Å²) >= 11 is 0. The highest BCUT2D eigenvalue weighted by atomic mass is 16.5. The molecule has 0 heterocycles. The van der Waals surface area contributed by atoms with Crippen molar-refractivity contribution in [3.05, 3.63) is 64.7 Å². The quantitative estimate of drug-likeness (QED) is 0.924. The van der Waals surface area contributed by atoms with E-state index in [1.165, 1.54) is 30.4 Å². The smallest absolute Gasteiger partial charge is 0.255 e. The third kappa shape index (κ3) is 3.39. The van der Waals surface area contributed by atoms with Crippen molar-refractivity contribution in [2.45, 2.75) is 38.6 Å². The molecule has 0 spiro atoms. The van der Waals surface area contributed by atoms with E-state index in [0.29, 0.717) is 11.3 Å². The van der Waals surface area contributed by atoms with Crippen LogP contribution in [-0.4, -0.2) is 13.0 Å². The van der Waals surface area contributed by atoms with Gasteiger partial charge >= 0.3 is 0 Å². The van der Waals surface area contributed by atoms with Crippen molar-refractivity contribution in [1.29, 1.82) is 0 Å². The van der Waals surface area contributed by atoms with Gasteiger partial charge in [-0.1, -0.05) is 30.3 Å². The number of rotatable bonds is 4. The lowest BCUT2D eigenvalue weighted by Gasteiger charge is -2.20. The largest absolute Gasteiger partial charge is 0.496 e. The van der Waals surface area contributed by atoms with Gasteiger partial charge in [0.15, 0.2) is 0 Å². The monoisotopic (exact) mass is 309 g/mol. The lowest BCUT2D eigenvalue weighted by molar-refractivity contribution is 0.0937. The molecule has 1 aliphatic rings. The summed E-state index contributed by atoms with van der Waals surface area (Å²) in [6, 6.07) is 13.9. The highest BCUT2D eigenvalue weighted by molar-refractivity contribution is 5.97. The van der Waals surface area contributed by atoms with Gasteiger partial charge in [-0.2, -0.15) is 0 Å². The number of para-hydroxylation sites is 1. The summed E-state index contributed by atoms with van der Waals surface area (Å²) in [4.78, 5) is 12.5. The van der Waals surface area contributed by atoms with Gasteiger partial charge in [0.2, 0.25) is 0 Å². The Morgan fingerprint density at radius 3 is 2.61 bits per heavy atom. The van der Waals surface area contributed by atoms with Gasteiger partial charge in [0.25, 0.3) is 5.91 Å². The molecular formula is C20H23NO2. The highest BCUT2D eigenvalue weighted by Gasteiger charge is 2.17. The molecular weight excluding hydrogens is 286 g/mol. The second-order valence-corrected chi connectivity index (χ2v) is 6.13. The Morgan fingerprint density at radius 2 is 1.83 bits per heavy atom. The minimum absolute atomic E-state index is 0.0281. The molecule has 3 rings (SSSR count). The summed E-state index contributed by atoms with van der Waals surface area (Å²) in [6.45, 7) is 2.03. The summed E-state index contributed by atoms with van der Waals surface area (Å²) in [5.74, 6) is 0.496. The number of carbonyl (C=O) groups is 1. The van der Waals surface area contributed by atoms with Crippen LogP contribution in [0.3, 0.4) is 0 Å². The van der Waals surface area contributed by atoms with E-state index >= 15 is 0 Å². The van der Waals surface area contributed by atoms with Crippen molar-refractivity contribution in [2.24, 2.45) is 0 Å². The Balaban J connectivity index is 1.76. The molecule has 0 saturated carbocycles. The molecule has 0 aromatic heterocycles. The second-order valence-electron chi connectivity index (χ2n) is 6.13. The number of nitrogens with one attached hydrogen (secondary N) is 1. The van der Waals surface area contributed by atoms with E-state index in [9.17, 15) is 4.79 Å². The summed E-state index contributed by atoms with van der Waals surface area (Å²) < 4.78 is 5.27. The van der Waals surface area contributed by atoms with E-state index in [0.717, 1.165) is 12.0 Å². The van der Waals surface area contributed by atoms with Gasteiger partial charge in [-0.3, -0.25) is 4.79 Å². The Labute approximate surface area is 137 Å². The molecule has 0 fully saturated rings. The molecule has 0 aliphatic heterocycles. The van der Waals surface area contributed by atoms with E-state index in [2.05, 4.69) is 23.5 Å². The number of aryl methyl sites for hydroxylation is 2. The number of carbonyl (C=O) groups excluding carboxylic acids is 1. The Bertz CT molecular complexity index is 709. The normalized spacial score (nSPS) is 14.7. The minimum atomic E-state index is -0.104. The summed E-state index contributed by atoms with van der Waals surface area (Å²) in [5.41, 5.74) is 4.63. The van der Waals surface area contributed by atoms with Crippen LogP contribution >= 0.6 is 0 Å². The molecule has 3 heteroatoms. The van der Waals surface area contributed by atoms with E-state index in [4.69, 9.17) is 4.74 Å². The van der Waals surface area contributed by atoms with Gasteiger partial charge in [-0.15, -0.1) is 0 Å². The van der Waals surface area contributed by atoms with Crippen LogP contribution in [0.5, 0.6) is 5.75 Å². The van der Waals surface area contributed by atoms with E-state index < -0.39 is 0 Å². The number of hydrogen-bond donors (Lipinski definition) is 1. The SMILES string of the molecule is COc1ccccc1C(=O)N[C@@H](C)c1ccc2c(c1)CCCC2. The lowest BCUT2D eigenvalue weighted by Crippen LogP contribution is -2.27. The zero-order chi connectivity index (χ0) is 16.2. The molecule has 23 heavy (non-hydrogen) atoms. The second kappa shape index (κ2) is 6.86. The molecule has 1 N–H and O–H groups in total. The molecule has 120 valence electrons. The van der Waals surface area contributed by atoms with Gasteiger partial charge in [0, 0.05) is 0 Å². The van der Waals surface area contributed by atoms with Gasteiger partial charge in [0.1, 0.15) is 5.75 Å². The molecule has 2 aromatic rings. The predicted molar refractivity (Wildman–Crippen MR) is 92.0 cm³/mol. The average Bonchev–Trinajstić information content (AvgIpc) is 2.61. The van der Waals surface area contributed by atoms with E-state index in [-0.39, 0.29) is 11.9 Å². The molecule has 0 bridgehead atoms. The summed E-state index contributed by atoms with van der Waals surface area (Å²) in [7, 11) is 1.58. The summed E-state index contributed by atoms with van der Waals surface area (Å²) in [5, 5.41) is 3.08. The van der Waals surface area contributed by atoms with Crippen LogP contribution in [0.1, 0.15) is 52.9 Å². The van der Waals surface area contributed by atoms with Crippen molar-refractivity contribution in [2.75, 3.05) is 7.11 Å². The maximum absolute atomic E-state index is 12.5. The Morgan fingerprint density at radius 1 is 1.09 bits per heavy atom. The predicted octanol–water partition coefficient (Wildman–Crippen LogP) is 4.07. The fraction of sp³-hybridized carbons (Fsp3) is 0.350. The van der Waals surface area contributed by atoms with Gasteiger partial charge in [0.05, 0.1) is 18.7 Å². The molecule has 1 atom stereocenters. The first-order valence-corrected chi connectivity index (χ1v) is 8.24. The van der Waals surface area contributed by atoms with Crippen molar-refractivity contribution in [3.8, 4) is 5.75 Å². The maximum Gasteiger partial charge on any atom is 0.255 e. The zero-order valence-electron chi connectivity index (χ0n) is 13.8. The van der Waals surface area contributed by atoms with E-state index in [1.807, 2.05) is 19.1 Å². The van der Waals surface area contributed by atoms with Crippen molar-refractivity contribution < 1.29 is 9.53 Å². The van der Waals surface area contributed by atoms with Gasteiger partial charge in [-0.25, -0.2) is 0 Å². The van der Waals surface area contributed by atoms with Crippen molar-refractivity contribution in [1.82, 2.24) is 5.32 Å². The number of amides is 1. The van der Waals surface area contributed by atoms with Gasteiger partial charge in [-0.05, 0) is 61.4 Å². The number of ether oxygens (including phenoxy) is 1. The van der Waals surface area contributed by atoms with Crippen molar-refractivity contribution >= 4 is 5.91 Å². The van der Waals surface area contributed by atoms with Crippen molar-refractivity contribution in [3.63, 3.8) is 0 Å². The molecule has 1 aliphatic carbocycles. The van der Waals surface area contributed by atoms with E-state index in [1.54, 1.807) is 19.2 Å². The zero-order valence-corrected chi connectivity index (χ0v) is 13.8. The van der Waals surface area contributed by atoms with Crippen LogP contribution in [0.15, 0.2) is 42.5 Å². The molecule has 0 saturated heterocycles. The fourth-order valence-corrected chi connectivity index (χ4v) is 3.21. The number of methoxy groups -OCH3 is 1. The highest BCUT2D eigenvalue weighted by Crippen LogP contribution is 2.25. The number of fused-ring (bicyclic) bond motifs is 1. The third-order valence-electron chi connectivity index (χ3n) is 4.57. The molecule has 1 amide bonds. The molecule has 0 unspecified atom stereocenters. The average molecular weight is 309 g/mol. The van der Waals surface area contributed by atoms with Crippen LogP contribution in [0.4, 0.5) is 0 Å². The molecule has 0 radical (unpaired) electrons. The molecule has 2 aromatic carbocycles. The van der Waals surface area contributed by atoms with Crippen LogP contribution in [-0.2, 0) is 12.8 Å². The third-order valence-corrected chi connectivity index (χ3v) is 4.57. The fourth-order valence-electron chi connectivity index (χ4n) is 3.21. The van der Waals surface area contributed by atoms with Gasteiger partial charge < -0.3 is 10.1 Å².